The fourth-order valence-electron chi connectivity index (χ4n) is 15.9. The van der Waals surface area contributed by atoms with Crippen LogP contribution >= 0.6 is 0 Å². The van der Waals surface area contributed by atoms with Crippen LogP contribution in [0.2, 0.25) is 0 Å². The van der Waals surface area contributed by atoms with Crippen LogP contribution in [0.15, 0.2) is 77.3 Å². The molecule has 8 nitrogen and oxygen atoms in total. The molecule has 0 radical (unpaired) electrons. The van der Waals surface area contributed by atoms with Gasteiger partial charge in [0.1, 0.15) is 5.75 Å². The van der Waals surface area contributed by atoms with Crippen molar-refractivity contribution in [1.29, 1.82) is 0 Å². The van der Waals surface area contributed by atoms with E-state index in [1.807, 2.05) is 31.4 Å². The van der Waals surface area contributed by atoms with Crippen LogP contribution in [0.25, 0.3) is 0 Å². The molecule has 3 aromatic carbocycles. The second-order valence-electron chi connectivity index (χ2n) is 23.7. The zero-order valence-corrected chi connectivity index (χ0v) is 42.7. The number of ketones is 1. The first-order valence-corrected chi connectivity index (χ1v) is 28.1. The summed E-state index contributed by atoms with van der Waals surface area (Å²) in [6.07, 6.45) is 29.9. The minimum Gasteiger partial charge on any atom is -0.508 e. The lowest BCUT2D eigenvalue weighted by atomic mass is 9.43. The first-order chi connectivity index (χ1) is 34.6. The fraction of sp³-hybridized carbons (Fsp3) is 0.587. The van der Waals surface area contributed by atoms with Gasteiger partial charge in [-0.25, -0.2) is 4.99 Å². The van der Waals surface area contributed by atoms with Crippen molar-refractivity contribution in [3.8, 4) is 29.1 Å². The summed E-state index contributed by atoms with van der Waals surface area (Å²) in [5.41, 5.74) is 15.4. The van der Waals surface area contributed by atoms with Crippen molar-refractivity contribution < 1.29 is 24.5 Å². The molecular formula is C63H79N3O5. The number of methoxy groups -OCH3 is 1. The standard InChI is InChI=1S/C63H79N3O5/c1-40-30-53-45-32-43(34-50(68)36-45)31-42-17-12-18-47(33-42)63(27-10-3-11-28-63)66-61(64)65-48-19-13-23-52-44(24-25-49(67)20-7-6-16-41-14-4-5-15-41)38-56(71-51-21-8-9-22-51)60(69)58(52)59-57-46(35-48)37-54(53)62(59,39-40)29-26-55(57)70-2/h7,12,17-18,20,32-34,36-38,40-41,46,48,51,53,55,57,59,68-69H,3-6,8-11,14-16,19,21-22,24-31,35,39H2,1-2H3,(H3,64,65,66)/b20-7+/t40-,46-,48+,53+,55-,57-,59-,62+/m0/s1. The van der Waals surface area contributed by atoms with Gasteiger partial charge in [0, 0.05) is 42.9 Å². The molecule has 8 heteroatoms. The molecule has 0 unspecified atom stereocenters. The van der Waals surface area contributed by atoms with Crippen molar-refractivity contribution in [2.45, 2.75) is 197 Å². The van der Waals surface area contributed by atoms with Crippen LogP contribution in [0, 0.1) is 40.9 Å². The van der Waals surface area contributed by atoms with Crippen molar-refractivity contribution >= 4 is 11.7 Å². The minimum atomic E-state index is -0.346. The molecule has 376 valence electrons. The van der Waals surface area contributed by atoms with E-state index in [1.54, 1.807) is 0 Å². The number of nitrogens with one attached hydrogen (secondary N) is 1. The van der Waals surface area contributed by atoms with Gasteiger partial charge in [0.15, 0.2) is 23.2 Å². The maximum absolute atomic E-state index is 13.8. The van der Waals surface area contributed by atoms with Crippen LogP contribution < -0.4 is 15.8 Å². The van der Waals surface area contributed by atoms with E-state index in [-0.39, 0.29) is 64.4 Å². The highest BCUT2D eigenvalue weighted by atomic mass is 16.5. The number of fused-ring (bicyclic) bond motifs is 8. The molecule has 71 heavy (non-hydrogen) atoms. The third-order valence-corrected chi connectivity index (χ3v) is 19.0. The Morgan fingerprint density at radius 3 is 2.58 bits per heavy atom. The summed E-state index contributed by atoms with van der Waals surface area (Å²) in [4.78, 5) is 19.3. The molecule has 0 saturated heterocycles. The van der Waals surface area contributed by atoms with Crippen molar-refractivity contribution in [3.05, 3.63) is 111 Å². The third-order valence-electron chi connectivity index (χ3n) is 19.0. The summed E-state index contributed by atoms with van der Waals surface area (Å²) in [5.74, 6) is 10.2. The van der Waals surface area contributed by atoms with Crippen LogP contribution in [-0.2, 0) is 27.9 Å². The topological polar surface area (TPSA) is 126 Å². The summed E-state index contributed by atoms with van der Waals surface area (Å²) in [6, 6.07) is 17.2. The number of hydrogen-bond acceptors (Lipinski definition) is 8. The summed E-state index contributed by atoms with van der Waals surface area (Å²) in [6.45, 7) is 2.41. The molecular weight excluding hydrogens is 879 g/mol. The van der Waals surface area contributed by atoms with Gasteiger partial charge in [0.05, 0.1) is 23.8 Å². The van der Waals surface area contributed by atoms with Crippen molar-refractivity contribution in [1.82, 2.24) is 5.32 Å². The fourth-order valence-corrected chi connectivity index (χ4v) is 15.9. The predicted octanol–water partition coefficient (Wildman–Crippen LogP) is 12.9. The lowest BCUT2D eigenvalue weighted by Gasteiger charge is -2.62. The smallest absolute Gasteiger partial charge is 0.189 e. The number of guanidine groups is 1. The number of aryl methyl sites for hydroxylation is 1. The normalized spacial score (nSPS) is 30.2. The van der Waals surface area contributed by atoms with Gasteiger partial charge < -0.3 is 30.7 Å². The highest BCUT2D eigenvalue weighted by molar-refractivity contribution is 5.89. The summed E-state index contributed by atoms with van der Waals surface area (Å²) < 4.78 is 13.6. The van der Waals surface area contributed by atoms with E-state index in [0.717, 1.165) is 130 Å². The summed E-state index contributed by atoms with van der Waals surface area (Å²) in [7, 11) is 1.87. The van der Waals surface area contributed by atoms with Gasteiger partial charge in [-0.15, -0.1) is 0 Å². The van der Waals surface area contributed by atoms with E-state index >= 15 is 0 Å². The molecule has 2 spiro atoms. The molecule has 0 aromatic heterocycles. The van der Waals surface area contributed by atoms with Crippen molar-refractivity contribution in [3.63, 3.8) is 0 Å². The predicted molar refractivity (Wildman–Crippen MR) is 283 cm³/mol. The average Bonchev–Trinajstić information content (AvgIpc) is 4.09. The Morgan fingerprint density at radius 1 is 0.944 bits per heavy atom. The minimum absolute atomic E-state index is 0.00637. The number of ether oxygens (including phenoxy) is 2. The number of nitrogens with zero attached hydrogens (tertiary/aromatic N) is 1. The Labute approximate surface area is 423 Å². The van der Waals surface area contributed by atoms with Crippen LogP contribution in [0.3, 0.4) is 0 Å². The Morgan fingerprint density at radius 2 is 1.76 bits per heavy atom. The number of benzene rings is 3. The molecule has 5 N–H and O–H groups in total. The lowest BCUT2D eigenvalue weighted by molar-refractivity contribution is -0.114. The van der Waals surface area contributed by atoms with E-state index in [0.29, 0.717) is 49.1 Å². The van der Waals surface area contributed by atoms with E-state index in [4.69, 9.17) is 20.2 Å². The number of nitrogens with two attached hydrogens (primary N) is 1. The largest absolute Gasteiger partial charge is 0.508 e. The van der Waals surface area contributed by atoms with Gasteiger partial charge >= 0.3 is 0 Å². The number of hydrogen-bond donors (Lipinski definition) is 4. The number of rotatable bonds is 10. The van der Waals surface area contributed by atoms with Crippen molar-refractivity contribution in [2.24, 2.45) is 39.8 Å². The first kappa shape index (κ1) is 48.3. The second kappa shape index (κ2) is 20.5. The quantitative estimate of drug-likeness (QED) is 0.0906. The van der Waals surface area contributed by atoms with Gasteiger partial charge in [0.25, 0.3) is 0 Å². The number of aromatic hydroxyl groups is 2. The SMILES string of the molecule is CO[C@H]1CC[C@@]23C[C@@H](C)C[C@H]4C2=C[C@@H]2C[C@@H](CC#Cc5c(CCC(=O)/C=C/CCC6CCCC6)cc(OC6CCCC6)c(O)c5[C@@H]3[C@@H]21)N=C(N)NC1(CCCCC1)c1cccc(c1)Cc1cc(O)cc4c1. The van der Waals surface area contributed by atoms with Crippen LogP contribution in [-0.4, -0.2) is 47.3 Å². The molecule has 1 aliphatic heterocycles. The maximum atomic E-state index is 13.8. The number of phenols is 2. The van der Waals surface area contributed by atoms with E-state index in [9.17, 15) is 15.0 Å². The van der Waals surface area contributed by atoms with E-state index in [2.05, 4.69) is 66.6 Å². The Hall–Kier alpha value is -5.00. The number of carbonyl (C=O) groups is 1. The van der Waals surface area contributed by atoms with Gasteiger partial charge in [-0.2, -0.15) is 0 Å². The molecule has 5 fully saturated rings. The first-order valence-electron chi connectivity index (χ1n) is 28.1. The van der Waals surface area contributed by atoms with E-state index < -0.39 is 0 Å². The number of carbonyl (C=O) groups excluding carboxylic acids is 1. The lowest BCUT2D eigenvalue weighted by Crippen LogP contribution is -2.54. The molecule has 8 aliphatic rings. The molecule has 11 rings (SSSR count). The number of phenolic OH excluding ortho intramolecular Hbond substituents is 2. The highest BCUT2D eigenvalue weighted by Gasteiger charge is 2.61. The van der Waals surface area contributed by atoms with Crippen LogP contribution in [0.1, 0.15) is 199 Å². The summed E-state index contributed by atoms with van der Waals surface area (Å²) in [5, 5.41) is 28.8. The highest BCUT2D eigenvalue weighted by Crippen LogP contribution is 2.70. The van der Waals surface area contributed by atoms with Gasteiger partial charge in [-0.3, -0.25) is 4.79 Å². The Bertz CT molecular complexity index is 2620. The molecule has 1 heterocycles. The van der Waals surface area contributed by atoms with Crippen LogP contribution in [0.5, 0.6) is 17.2 Å². The maximum Gasteiger partial charge on any atom is 0.189 e. The second-order valence-corrected chi connectivity index (χ2v) is 23.7. The van der Waals surface area contributed by atoms with Gasteiger partial charge in [-0.05, 0) is 177 Å². The monoisotopic (exact) mass is 958 g/mol. The average molecular weight is 958 g/mol. The van der Waals surface area contributed by atoms with Crippen molar-refractivity contribution in [2.75, 3.05) is 7.11 Å². The molecule has 8 atom stereocenters. The zero-order chi connectivity index (χ0) is 48.7. The van der Waals surface area contributed by atoms with Crippen LogP contribution in [0.4, 0.5) is 0 Å². The van der Waals surface area contributed by atoms with Gasteiger partial charge in [-0.1, -0.05) is 112 Å². The molecule has 3 aromatic rings. The molecule has 10 bridgehead atoms. The zero-order valence-electron chi connectivity index (χ0n) is 42.7. The Kier molecular flexibility index (Phi) is 13.9. The molecule has 5 saturated carbocycles. The summed E-state index contributed by atoms with van der Waals surface area (Å²) >= 11 is 0. The molecule has 7 aliphatic carbocycles. The molecule has 0 amide bonds. The van der Waals surface area contributed by atoms with E-state index in [1.165, 1.54) is 48.8 Å². The Balaban J connectivity index is 1.10. The van der Waals surface area contributed by atoms with Gasteiger partial charge in [0.2, 0.25) is 0 Å². The number of aliphatic imine (C=N–C) groups is 1. The number of allylic oxidation sites excluding steroid dienone is 4. The third kappa shape index (κ3) is 9.71.